The predicted molar refractivity (Wildman–Crippen MR) is 79.6 cm³/mol. The van der Waals surface area contributed by atoms with E-state index in [-0.39, 0.29) is 29.5 Å². The van der Waals surface area contributed by atoms with Crippen LogP contribution in [0.15, 0.2) is 34.9 Å². The lowest BCUT2D eigenvalue weighted by atomic mass is 10.0. The maximum atomic E-state index is 13.1. The van der Waals surface area contributed by atoms with Gasteiger partial charge in [0, 0.05) is 5.56 Å². The van der Waals surface area contributed by atoms with Gasteiger partial charge in [-0.2, -0.15) is 0 Å². The summed E-state index contributed by atoms with van der Waals surface area (Å²) in [7, 11) is 0. The number of hydrogen-bond donors (Lipinski definition) is 2. The molecule has 2 N–H and O–H groups in total. The average molecular weight is 317 g/mol. The summed E-state index contributed by atoms with van der Waals surface area (Å²) < 4.78 is 18.2. The highest BCUT2D eigenvalue weighted by atomic mass is 19.1. The molecule has 23 heavy (non-hydrogen) atoms. The first-order valence-electron chi connectivity index (χ1n) is 7.28. The zero-order chi connectivity index (χ0) is 16.6. The van der Waals surface area contributed by atoms with E-state index in [2.05, 4.69) is 5.32 Å². The van der Waals surface area contributed by atoms with E-state index in [4.69, 9.17) is 9.52 Å². The zero-order valence-corrected chi connectivity index (χ0v) is 12.6. The summed E-state index contributed by atoms with van der Waals surface area (Å²) in [6, 6.07) is 6.03. The summed E-state index contributed by atoms with van der Waals surface area (Å²) in [5.41, 5.74) is 1.19. The van der Waals surface area contributed by atoms with Gasteiger partial charge in [-0.25, -0.2) is 4.39 Å². The van der Waals surface area contributed by atoms with E-state index >= 15 is 0 Å². The molecular weight excluding hydrogens is 301 g/mol. The Hall–Kier alpha value is -2.63. The van der Waals surface area contributed by atoms with Gasteiger partial charge < -0.3 is 14.8 Å². The van der Waals surface area contributed by atoms with Gasteiger partial charge in [-0.15, -0.1) is 0 Å². The minimum atomic E-state index is -1.06. The molecule has 120 valence electrons. The number of benzene rings is 1. The Labute approximate surface area is 132 Å². The van der Waals surface area contributed by atoms with E-state index in [0.717, 1.165) is 18.4 Å². The molecule has 0 spiro atoms. The number of carboxylic acids is 1. The molecule has 6 heteroatoms. The minimum absolute atomic E-state index is 0.141. The van der Waals surface area contributed by atoms with Gasteiger partial charge in [0.05, 0.1) is 17.4 Å². The topological polar surface area (TPSA) is 79.5 Å². The number of carbonyl (C=O) groups is 2. The molecule has 0 saturated heterocycles. The van der Waals surface area contributed by atoms with Crippen molar-refractivity contribution in [2.24, 2.45) is 0 Å². The van der Waals surface area contributed by atoms with Crippen LogP contribution in [0.4, 0.5) is 4.39 Å². The van der Waals surface area contributed by atoms with Gasteiger partial charge in [0.2, 0.25) is 0 Å². The number of hydrogen-bond acceptors (Lipinski definition) is 3. The first-order chi connectivity index (χ1) is 10.9. The summed E-state index contributed by atoms with van der Waals surface area (Å²) in [4.78, 5) is 23.5. The fourth-order valence-electron chi connectivity index (χ4n) is 2.73. The van der Waals surface area contributed by atoms with E-state index < -0.39 is 11.5 Å². The number of nitrogens with one attached hydrogen (secondary N) is 1. The fraction of sp³-hybridized carbons (Fsp3) is 0.294. The molecule has 1 aromatic heterocycles. The van der Waals surface area contributed by atoms with E-state index in [0.29, 0.717) is 5.56 Å². The summed E-state index contributed by atoms with van der Waals surface area (Å²) in [5, 5.41) is 11.8. The smallest absolute Gasteiger partial charge is 0.311 e. The van der Waals surface area contributed by atoms with Crippen LogP contribution in [-0.4, -0.2) is 17.0 Å². The van der Waals surface area contributed by atoms with Crippen LogP contribution in [0.2, 0.25) is 0 Å². The van der Waals surface area contributed by atoms with Gasteiger partial charge in [0.1, 0.15) is 18.0 Å². The van der Waals surface area contributed by atoms with Crippen LogP contribution in [0.25, 0.3) is 0 Å². The molecule has 0 atom stereocenters. The Morgan fingerprint density at radius 3 is 2.52 bits per heavy atom. The molecule has 2 aromatic rings. The molecule has 3 rings (SSSR count). The number of rotatable bonds is 5. The first kappa shape index (κ1) is 15.3. The highest BCUT2D eigenvalue weighted by molar-refractivity contribution is 5.98. The van der Waals surface area contributed by atoms with E-state index in [9.17, 15) is 14.0 Å². The number of amides is 1. The molecule has 1 aliphatic rings. The van der Waals surface area contributed by atoms with Crippen molar-refractivity contribution in [3.63, 3.8) is 0 Å². The standard InChI is InChI=1S/C17H16FNO4/c1-10-9-23-13(8-14(20)21)15(10)16(22)19-17(6-7-17)11-2-4-12(18)5-3-11/h2-5,9H,6-8H2,1H3,(H,19,22)(H,20,21). The van der Waals surface area contributed by atoms with Crippen LogP contribution in [-0.2, 0) is 16.8 Å². The molecule has 1 saturated carbocycles. The van der Waals surface area contributed by atoms with Crippen LogP contribution in [0.3, 0.4) is 0 Å². The monoisotopic (exact) mass is 317 g/mol. The quantitative estimate of drug-likeness (QED) is 0.888. The largest absolute Gasteiger partial charge is 0.481 e. The second-order valence-electron chi connectivity index (χ2n) is 5.83. The molecule has 0 unspecified atom stereocenters. The Morgan fingerprint density at radius 2 is 1.96 bits per heavy atom. The number of carbonyl (C=O) groups excluding carboxylic acids is 1. The van der Waals surface area contributed by atoms with Crippen molar-refractivity contribution in [1.29, 1.82) is 0 Å². The van der Waals surface area contributed by atoms with Gasteiger partial charge in [-0.05, 0) is 37.5 Å². The molecule has 0 radical (unpaired) electrons. The van der Waals surface area contributed by atoms with Crippen molar-refractivity contribution in [1.82, 2.24) is 5.32 Å². The van der Waals surface area contributed by atoms with Crippen LogP contribution in [0, 0.1) is 12.7 Å². The van der Waals surface area contributed by atoms with Crippen molar-refractivity contribution in [3.05, 3.63) is 58.8 Å². The highest BCUT2D eigenvalue weighted by Gasteiger charge is 2.46. The molecule has 1 heterocycles. The minimum Gasteiger partial charge on any atom is -0.481 e. The average Bonchev–Trinajstić information content (AvgIpc) is 3.17. The molecule has 1 fully saturated rings. The first-order valence-corrected chi connectivity index (χ1v) is 7.28. The van der Waals surface area contributed by atoms with Crippen LogP contribution >= 0.6 is 0 Å². The van der Waals surface area contributed by atoms with Crippen LogP contribution in [0.5, 0.6) is 0 Å². The second kappa shape index (κ2) is 5.53. The van der Waals surface area contributed by atoms with Gasteiger partial charge in [-0.3, -0.25) is 9.59 Å². The third-order valence-corrected chi connectivity index (χ3v) is 4.09. The maximum Gasteiger partial charge on any atom is 0.311 e. The lowest BCUT2D eigenvalue weighted by Gasteiger charge is -2.18. The Balaban J connectivity index is 1.83. The molecule has 0 aliphatic heterocycles. The van der Waals surface area contributed by atoms with Gasteiger partial charge >= 0.3 is 5.97 Å². The van der Waals surface area contributed by atoms with Crippen LogP contribution in [0.1, 0.15) is 40.1 Å². The number of halogens is 1. The number of aryl methyl sites for hydroxylation is 1. The van der Waals surface area contributed by atoms with E-state index in [1.807, 2.05) is 0 Å². The van der Waals surface area contributed by atoms with Crippen LogP contribution < -0.4 is 5.32 Å². The third-order valence-electron chi connectivity index (χ3n) is 4.09. The summed E-state index contributed by atoms with van der Waals surface area (Å²) in [6.45, 7) is 1.70. The van der Waals surface area contributed by atoms with Crippen molar-refractivity contribution in [2.45, 2.75) is 31.7 Å². The zero-order valence-electron chi connectivity index (χ0n) is 12.6. The van der Waals surface area contributed by atoms with Gasteiger partial charge in [-0.1, -0.05) is 12.1 Å². The SMILES string of the molecule is Cc1coc(CC(=O)O)c1C(=O)NC1(c2ccc(F)cc2)CC1. The van der Waals surface area contributed by atoms with Crippen molar-refractivity contribution in [2.75, 3.05) is 0 Å². The molecule has 5 nitrogen and oxygen atoms in total. The number of carboxylic acid groups (broad SMARTS) is 1. The molecule has 0 bridgehead atoms. The lowest BCUT2D eigenvalue weighted by Crippen LogP contribution is -2.35. The Kier molecular flexibility index (Phi) is 3.67. The van der Waals surface area contributed by atoms with Gasteiger partial charge in [0.15, 0.2) is 0 Å². The molecule has 1 aromatic carbocycles. The molecular formula is C17H16FNO4. The highest BCUT2D eigenvalue weighted by Crippen LogP contribution is 2.45. The van der Waals surface area contributed by atoms with E-state index in [1.54, 1.807) is 19.1 Å². The van der Waals surface area contributed by atoms with E-state index in [1.165, 1.54) is 18.4 Å². The number of aliphatic carboxylic acids is 1. The third kappa shape index (κ3) is 2.97. The van der Waals surface area contributed by atoms with Crippen molar-refractivity contribution < 1.29 is 23.5 Å². The normalized spacial score (nSPS) is 15.2. The second-order valence-corrected chi connectivity index (χ2v) is 5.83. The van der Waals surface area contributed by atoms with Gasteiger partial charge in [0.25, 0.3) is 5.91 Å². The summed E-state index contributed by atoms with van der Waals surface area (Å²) in [5.74, 6) is -1.62. The summed E-state index contributed by atoms with van der Waals surface area (Å²) >= 11 is 0. The Morgan fingerprint density at radius 1 is 1.30 bits per heavy atom. The summed E-state index contributed by atoms with van der Waals surface area (Å²) in [6.07, 6.45) is 2.55. The van der Waals surface area contributed by atoms with Crippen molar-refractivity contribution >= 4 is 11.9 Å². The molecule has 1 aliphatic carbocycles. The number of furan rings is 1. The predicted octanol–water partition coefficient (Wildman–Crippen LogP) is 2.77. The maximum absolute atomic E-state index is 13.1. The fourth-order valence-corrected chi connectivity index (χ4v) is 2.73. The Bertz CT molecular complexity index is 759. The lowest BCUT2D eigenvalue weighted by molar-refractivity contribution is -0.136. The molecule has 1 amide bonds. The van der Waals surface area contributed by atoms with Crippen molar-refractivity contribution in [3.8, 4) is 0 Å².